The summed E-state index contributed by atoms with van der Waals surface area (Å²) >= 11 is 0. The van der Waals surface area contributed by atoms with E-state index in [2.05, 4.69) is 45.6 Å². The molecular formula is C25H27N5O2S. The monoisotopic (exact) mass is 461 g/mol. The Hall–Kier alpha value is -3.07. The van der Waals surface area contributed by atoms with Gasteiger partial charge in [-0.3, -0.25) is 9.47 Å². The fourth-order valence-corrected chi connectivity index (χ4v) is 5.64. The summed E-state index contributed by atoms with van der Waals surface area (Å²) in [7, 11) is -3.47. The highest BCUT2D eigenvalue weighted by Gasteiger charge is 2.29. The van der Waals surface area contributed by atoms with Gasteiger partial charge in [0.2, 0.25) is 10.0 Å². The van der Waals surface area contributed by atoms with E-state index in [4.69, 9.17) is 4.98 Å². The Labute approximate surface area is 194 Å². The number of imidazole rings is 1. The maximum atomic E-state index is 13.0. The Morgan fingerprint density at radius 3 is 2.15 bits per heavy atom. The van der Waals surface area contributed by atoms with Crippen molar-refractivity contribution in [2.24, 2.45) is 0 Å². The minimum atomic E-state index is -3.47. The second kappa shape index (κ2) is 8.70. The lowest BCUT2D eigenvalue weighted by Gasteiger charge is -2.33. The van der Waals surface area contributed by atoms with E-state index in [1.807, 2.05) is 31.2 Å². The second-order valence-corrected chi connectivity index (χ2v) is 10.5. The fraction of sp³-hybridized carbons (Fsp3) is 0.280. The van der Waals surface area contributed by atoms with Crippen LogP contribution < -0.4 is 0 Å². The van der Waals surface area contributed by atoms with Crippen molar-refractivity contribution in [3.05, 3.63) is 83.8 Å². The first-order chi connectivity index (χ1) is 15.9. The molecule has 0 radical (unpaired) electrons. The van der Waals surface area contributed by atoms with Gasteiger partial charge in [0.15, 0.2) is 5.65 Å². The van der Waals surface area contributed by atoms with E-state index >= 15 is 0 Å². The molecule has 1 aliphatic heterocycles. The minimum absolute atomic E-state index is 0.355. The lowest BCUT2D eigenvalue weighted by atomic mass is 10.2. The van der Waals surface area contributed by atoms with E-state index in [1.54, 1.807) is 22.6 Å². The molecule has 7 nitrogen and oxygen atoms in total. The number of hydrogen-bond donors (Lipinski definition) is 0. The summed E-state index contributed by atoms with van der Waals surface area (Å²) in [6.45, 7) is 6.86. The van der Waals surface area contributed by atoms with Crippen LogP contribution in [0.2, 0.25) is 0 Å². The van der Waals surface area contributed by atoms with Gasteiger partial charge in [0.05, 0.1) is 11.4 Å². The van der Waals surface area contributed by atoms with Crippen LogP contribution in [0.1, 0.15) is 17.0 Å². The normalized spacial score (nSPS) is 15.8. The van der Waals surface area contributed by atoms with Gasteiger partial charge in [0.1, 0.15) is 11.3 Å². The molecule has 0 saturated carbocycles. The van der Waals surface area contributed by atoms with Crippen LogP contribution in [0.15, 0.2) is 71.8 Å². The molecule has 1 aliphatic rings. The molecule has 170 valence electrons. The van der Waals surface area contributed by atoms with Crippen LogP contribution >= 0.6 is 0 Å². The topological polar surface area (TPSA) is 71.3 Å². The molecule has 3 heterocycles. The maximum absolute atomic E-state index is 13.0. The molecule has 2 aromatic carbocycles. The molecule has 1 fully saturated rings. The molecule has 0 bridgehead atoms. The van der Waals surface area contributed by atoms with Crippen molar-refractivity contribution in [2.45, 2.75) is 25.3 Å². The number of rotatable bonds is 5. The molecule has 0 spiro atoms. The Kier molecular flexibility index (Phi) is 5.74. The van der Waals surface area contributed by atoms with Gasteiger partial charge in [0, 0.05) is 38.1 Å². The van der Waals surface area contributed by atoms with Crippen LogP contribution in [0, 0.1) is 13.8 Å². The van der Waals surface area contributed by atoms with Crippen LogP contribution in [0.25, 0.3) is 16.9 Å². The smallest absolute Gasteiger partial charge is 0.243 e. The van der Waals surface area contributed by atoms with Crippen LogP contribution in [0.3, 0.4) is 0 Å². The van der Waals surface area contributed by atoms with Gasteiger partial charge >= 0.3 is 0 Å². The highest BCUT2D eigenvalue weighted by molar-refractivity contribution is 7.89. The largest absolute Gasteiger partial charge is 0.293 e. The third-order valence-corrected chi connectivity index (χ3v) is 8.05. The lowest BCUT2D eigenvalue weighted by molar-refractivity contribution is 0.177. The number of aryl methyl sites for hydroxylation is 2. The SMILES string of the molecule is Cc1ccc(-n2c(CN3CCN(S(=O)(=O)c4ccc(C)cc4)CC3)nc3cccnc32)cc1. The summed E-state index contributed by atoms with van der Waals surface area (Å²) in [5, 5.41) is 0. The second-order valence-electron chi connectivity index (χ2n) is 8.54. The average Bonchev–Trinajstić information content (AvgIpc) is 3.18. The van der Waals surface area contributed by atoms with E-state index in [9.17, 15) is 8.42 Å². The van der Waals surface area contributed by atoms with Crippen LogP contribution in [0.5, 0.6) is 0 Å². The Balaban J connectivity index is 1.36. The van der Waals surface area contributed by atoms with E-state index in [1.165, 1.54) is 5.56 Å². The molecule has 33 heavy (non-hydrogen) atoms. The predicted molar refractivity (Wildman–Crippen MR) is 129 cm³/mol. The van der Waals surface area contributed by atoms with Crippen molar-refractivity contribution in [3.8, 4) is 5.69 Å². The number of hydrogen-bond acceptors (Lipinski definition) is 5. The highest BCUT2D eigenvalue weighted by atomic mass is 32.2. The van der Waals surface area contributed by atoms with E-state index in [0.717, 1.165) is 28.2 Å². The fourth-order valence-electron chi connectivity index (χ4n) is 4.22. The van der Waals surface area contributed by atoms with Gasteiger partial charge in [-0.2, -0.15) is 4.31 Å². The first-order valence-electron chi connectivity index (χ1n) is 11.1. The summed E-state index contributed by atoms with van der Waals surface area (Å²) < 4.78 is 29.7. The number of sulfonamides is 1. The molecule has 1 saturated heterocycles. The maximum Gasteiger partial charge on any atom is 0.243 e. The van der Waals surface area contributed by atoms with Crippen molar-refractivity contribution in [1.29, 1.82) is 0 Å². The molecule has 0 aliphatic carbocycles. The van der Waals surface area contributed by atoms with Crippen molar-refractivity contribution in [2.75, 3.05) is 26.2 Å². The number of pyridine rings is 1. The quantitative estimate of drug-likeness (QED) is 0.455. The summed E-state index contributed by atoms with van der Waals surface area (Å²) in [5.41, 5.74) is 4.95. The lowest BCUT2D eigenvalue weighted by Crippen LogP contribution is -2.48. The van der Waals surface area contributed by atoms with E-state index < -0.39 is 10.0 Å². The Bertz CT molecular complexity index is 1370. The van der Waals surface area contributed by atoms with Crippen LogP contribution in [-0.4, -0.2) is 58.3 Å². The number of nitrogens with zero attached hydrogens (tertiary/aromatic N) is 5. The van der Waals surface area contributed by atoms with Gasteiger partial charge in [0.25, 0.3) is 0 Å². The molecule has 0 N–H and O–H groups in total. The zero-order valence-corrected chi connectivity index (χ0v) is 19.7. The molecule has 5 rings (SSSR count). The van der Waals surface area contributed by atoms with E-state index in [-0.39, 0.29) is 0 Å². The first kappa shape index (κ1) is 21.8. The van der Waals surface area contributed by atoms with Crippen molar-refractivity contribution in [3.63, 3.8) is 0 Å². The van der Waals surface area contributed by atoms with Gasteiger partial charge in [-0.25, -0.2) is 18.4 Å². The predicted octanol–water partition coefficient (Wildman–Crippen LogP) is 3.54. The van der Waals surface area contributed by atoms with E-state index in [0.29, 0.717) is 37.6 Å². The number of piperazine rings is 1. The molecule has 4 aromatic rings. The minimum Gasteiger partial charge on any atom is -0.293 e. The zero-order chi connectivity index (χ0) is 23.0. The first-order valence-corrected chi connectivity index (χ1v) is 12.5. The third kappa shape index (κ3) is 4.29. The molecular weight excluding hydrogens is 434 g/mol. The highest BCUT2D eigenvalue weighted by Crippen LogP contribution is 2.23. The number of benzene rings is 2. The van der Waals surface area contributed by atoms with Gasteiger partial charge in [-0.05, 0) is 50.2 Å². The third-order valence-electron chi connectivity index (χ3n) is 6.13. The number of aromatic nitrogens is 3. The van der Waals surface area contributed by atoms with Crippen molar-refractivity contribution in [1.82, 2.24) is 23.7 Å². The molecule has 0 amide bonds. The molecule has 2 aromatic heterocycles. The average molecular weight is 462 g/mol. The number of fused-ring (bicyclic) bond motifs is 1. The molecule has 8 heteroatoms. The Morgan fingerprint density at radius 1 is 0.848 bits per heavy atom. The zero-order valence-electron chi connectivity index (χ0n) is 18.8. The Morgan fingerprint density at radius 2 is 1.48 bits per heavy atom. The van der Waals surface area contributed by atoms with Crippen LogP contribution in [-0.2, 0) is 16.6 Å². The summed E-state index contributed by atoms with van der Waals surface area (Å²) in [6.07, 6.45) is 1.78. The van der Waals surface area contributed by atoms with Gasteiger partial charge in [-0.1, -0.05) is 35.4 Å². The van der Waals surface area contributed by atoms with Crippen molar-refractivity contribution >= 4 is 21.2 Å². The summed E-state index contributed by atoms with van der Waals surface area (Å²) in [4.78, 5) is 12.0. The van der Waals surface area contributed by atoms with Gasteiger partial charge in [-0.15, -0.1) is 0 Å². The van der Waals surface area contributed by atoms with Crippen molar-refractivity contribution < 1.29 is 8.42 Å². The molecule has 0 unspecified atom stereocenters. The molecule has 0 atom stereocenters. The summed E-state index contributed by atoms with van der Waals surface area (Å²) in [6, 6.07) is 19.3. The standard InChI is InChI=1S/C25H27N5O2S/c1-19-5-9-21(10-6-19)30-24(27-23-4-3-13-26-25(23)30)18-28-14-16-29(17-15-28)33(31,32)22-11-7-20(2)8-12-22/h3-13H,14-18H2,1-2H3. The van der Waals surface area contributed by atoms with Crippen LogP contribution in [0.4, 0.5) is 0 Å². The summed E-state index contributed by atoms with van der Waals surface area (Å²) in [5.74, 6) is 0.905. The van der Waals surface area contributed by atoms with Gasteiger partial charge < -0.3 is 0 Å².